The highest BCUT2D eigenvalue weighted by Crippen LogP contribution is 2.38. The first-order chi connectivity index (χ1) is 24.2. The van der Waals surface area contributed by atoms with Gasteiger partial charge in [0.1, 0.15) is 0 Å². The van der Waals surface area contributed by atoms with Gasteiger partial charge in [0.25, 0.3) is 0 Å². The molecule has 0 amide bonds. The summed E-state index contributed by atoms with van der Waals surface area (Å²) in [5.41, 5.74) is 19.7. The molecule has 0 bridgehead atoms. The van der Waals surface area contributed by atoms with Crippen LogP contribution in [0.3, 0.4) is 0 Å². The molecule has 0 fully saturated rings. The van der Waals surface area contributed by atoms with Crippen LogP contribution in [0.2, 0.25) is 0 Å². The van der Waals surface area contributed by atoms with Crippen LogP contribution in [0.15, 0.2) is 123 Å². The van der Waals surface area contributed by atoms with Gasteiger partial charge in [0.05, 0.1) is 17.1 Å². The number of rotatable bonds is 3. The SMILES string of the molecule is Cc1ccc(-c2[nH]cc3ccc(Br)cc23)c(C)c1.Cc1ccc(C2=NC(=Cc3cc4c([nH]3)-c3ccccc3CC4)c3ccc(Br)cc32)c(C)c1. The smallest absolute Gasteiger partial charge is 0.0791 e. The summed E-state index contributed by atoms with van der Waals surface area (Å²) in [6, 6.07) is 37.0. The second-order valence-electron chi connectivity index (χ2n) is 13.5. The Balaban J connectivity index is 0.000000170. The molecule has 0 saturated heterocycles. The second-order valence-corrected chi connectivity index (χ2v) is 15.3. The third-order valence-electron chi connectivity index (χ3n) is 9.85. The Morgan fingerprint density at radius 2 is 1.28 bits per heavy atom. The molecule has 0 unspecified atom stereocenters. The van der Waals surface area contributed by atoms with Gasteiger partial charge in [-0.05, 0) is 105 Å². The topological polar surface area (TPSA) is 43.9 Å². The fourth-order valence-corrected chi connectivity index (χ4v) is 8.14. The Morgan fingerprint density at radius 1 is 0.600 bits per heavy atom. The molecule has 2 N–H and O–H groups in total. The molecule has 5 aromatic carbocycles. The summed E-state index contributed by atoms with van der Waals surface area (Å²) in [4.78, 5) is 12.2. The summed E-state index contributed by atoms with van der Waals surface area (Å²) in [6.07, 6.45) is 6.44. The molecule has 2 aliphatic rings. The van der Waals surface area contributed by atoms with E-state index in [1.807, 2.05) is 0 Å². The minimum atomic E-state index is 1.01. The molecular weight excluding hydrogens is 742 g/mol. The number of hydrogen-bond acceptors (Lipinski definition) is 1. The van der Waals surface area contributed by atoms with Crippen molar-refractivity contribution in [3.63, 3.8) is 0 Å². The van der Waals surface area contributed by atoms with Crippen LogP contribution in [0.4, 0.5) is 0 Å². The van der Waals surface area contributed by atoms with Crippen LogP contribution in [0, 0.1) is 27.7 Å². The lowest BCUT2D eigenvalue weighted by molar-refractivity contribution is 0.942. The predicted octanol–water partition coefficient (Wildman–Crippen LogP) is 12.7. The van der Waals surface area contributed by atoms with Gasteiger partial charge in [0.2, 0.25) is 0 Å². The maximum Gasteiger partial charge on any atom is 0.0791 e. The van der Waals surface area contributed by atoms with Crippen LogP contribution in [0.5, 0.6) is 0 Å². The third kappa shape index (κ3) is 6.14. The molecule has 3 nitrogen and oxygen atoms in total. The van der Waals surface area contributed by atoms with Crippen LogP contribution in [0.1, 0.15) is 55.8 Å². The van der Waals surface area contributed by atoms with Crippen LogP contribution in [-0.4, -0.2) is 15.7 Å². The molecule has 0 atom stereocenters. The number of aromatic amines is 2. The number of H-pyrrole nitrogens is 2. The van der Waals surface area contributed by atoms with Crippen molar-refractivity contribution in [3.8, 4) is 22.5 Å². The molecule has 0 saturated carbocycles. The lowest BCUT2D eigenvalue weighted by Gasteiger charge is -2.15. The lowest BCUT2D eigenvalue weighted by atomic mass is 9.90. The number of benzene rings is 5. The van der Waals surface area contributed by atoms with Crippen LogP contribution in [0.25, 0.3) is 45.1 Å². The molecule has 9 rings (SSSR count). The highest BCUT2D eigenvalue weighted by molar-refractivity contribution is 9.10. The number of aliphatic imine (C=N–C) groups is 1. The molecule has 5 heteroatoms. The van der Waals surface area contributed by atoms with E-state index in [0.29, 0.717) is 0 Å². The highest BCUT2D eigenvalue weighted by atomic mass is 79.9. The largest absolute Gasteiger partial charge is 0.360 e. The van der Waals surface area contributed by atoms with Crippen LogP contribution >= 0.6 is 31.9 Å². The van der Waals surface area contributed by atoms with Crippen molar-refractivity contribution >= 4 is 60.1 Å². The molecule has 0 spiro atoms. The van der Waals surface area contributed by atoms with Gasteiger partial charge >= 0.3 is 0 Å². The zero-order valence-electron chi connectivity index (χ0n) is 28.6. The molecule has 0 radical (unpaired) electrons. The molecule has 7 aromatic rings. The Kier molecular flexibility index (Phi) is 8.58. The van der Waals surface area contributed by atoms with E-state index in [9.17, 15) is 0 Å². The van der Waals surface area contributed by atoms with E-state index < -0.39 is 0 Å². The Morgan fingerprint density at radius 3 is 2.06 bits per heavy atom. The summed E-state index contributed by atoms with van der Waals surface area (Å²) in [6.45, 7) is 8.59. The van der Waals surface area contributed by atoms with Crippen LogP contribution in [-0.2, 0) is 12.8 Å². The molecule has 246 valence electrons. The number of fused-ring (bicyclic) bond motifs is 5. The maximum absolute atomic E-state index is 5.14. The van der Waals surface area contributed by atoms with E-state index in [1.165, 1.54) is 83.4 Å². The number of nitrogens with one attached hydrogen (secondary N) is 2. The standard InChI is InChI=1S/C29H23BrN2.C16H14BrN/c1-17-7-11-23(18(2)13-17)29-26-15-21(30)10-12-25(26)27(32-29)16-22-14-20-9-8-19-5-3-4-6-24(19)28(20)31-22;1-10-3-6-14(11(2)7-10)16-15-8-13(17)5-4-12(15)9-18-16/h3-7,10-16,31H,8-9H2,1-2H3;3-9,18H,1-2H3. The Labute approximate surface area is 310 Å². The lowest BCUT2D eigenvalue weighted by Crippen LogP contribution is -2.03. The van der Waals surface area contributed by atoms with Gasteiger partial charge in [-0.3, -0.25) is 0 Å². The van der Waals surface area contributed by atoms with Crippen molar-refractivity contribution in [2.75, 3.05) is 0 Å². The van der Waals surface area contributed by atoms with E-state index >= 15 is 0 Å². The number of aryl methyl sites for hydroxylation is 6. The summed E-state index contributed by atoms with van der Waals surface area (Å²) in [5, 5.41) is 2.50. The van der Waals surface area contributed by atoms with Gasteiger partial charge < -0.3 is 9.97 Å². The average molecular weight is 780 g/mol. The first-order valence-electron chi connectivity index (χ1n) is 17.0. The van der Waals surface area contributed by atoms with Crippen molar-refractivity contribution in [1.82, 2.24) is 9.97 Å². The normalized spacial score (nSPS) is 13.8. The molecule has 3 heterocycles. The zero-order valence-corrected chi connectivity index (χ0v) is 31.8. The summed E-state index contributed by atoms with van der Waals surface area (Å²) in [7, 11) is 0. The first-order valence-corrected chi connectivity index (χ1v) is 18.6. The second kappa shape index (κ2) is 13.2. The predicted molar refractivity (Wildman–Crippen MR) is 218 cm³/mol. The molecule has 1 aliphatic heterocycles. The minimum absolute atomic E-state index is 1.01. The van der Waals surface area contributed by atoms with Crippen molar-refractivity contribution in [1.29, 1.82) is 0 Å². The zero-order chi connectivity index (χ0) is 34.5. The average Bonchev–Trinajstić information content (AvgIpc) is 3.80. The quantitative estimate of drug-likeness (QED) is 0.179. The van der Waals surface area contributed by atoms with Gasteiger partial charge in [-0.2, -0.15) is 0 Å². The summed E-state index contributed by atoms with van der Waals surface area (Å²) < 4.78 is 2.18. The van der Waals surface area contributed by atoms with Crippen molar-refractivity contribution in [2.45, 2.75) is 40.5 Å². The Bertz CT molecular complexity index is 2510. The van der Waals surface area contributed by atoms with E-state index in [2.05, 4.69) is 185 Å². The van der Waals surface area contributed by atoms with Crippen molar-refractivity contribution in [3.05, 3.63) is 174 Å². The van der Waals surface area contributed by atoms with Gasteiger partial charge in [-0.1, -0.05) is 116 Å². The summed E-state index contributed by atoms with van der Waals surface area (Å²) >= 11 is 7.20. The fraction of sp³-hybridized carbons (Fsp3) is 0.133. The number of nitrogens with zero attached hydrogens (tertiary/aromatic N) is 1. The molecule has 2 aromatic heterocycles. The fourth-order valence-electron chi connectivity index (χ4n) is 7.42. The summed E-state index contributed by atoms with van der Waals surface area (Å²) in [5.74, 6) is 0. The molecule has 50 heavy (non-hydrogen) atoms. The molecular formula is C45H37Br2N3. The van der Waals surface area contributed by atoms with Crippen LogP contribution < -0.4 is 0 Å². The van der Waals surface area contributed by atoms with E-state index in [1.54, 1.807) is 0 Å². The Hall–Kier alpha value is -4.71. The first kappa shape index (κ1) is 32.5. The van der Waals surface area contributed by atoms with E-state index in [4.69, 9.17) is 4.99 Å². The minimum Gasteiger partial charge on any atom is -0.360 e. The monoisotopic (exact) mass is 777 g/mol. The maximum atomic E-state index is 5.14. The van der Waals surface area contributed by atoms with Crippen molar-refractivity contribution < 1.29 is 0 Å². The van der Waals surface area contributed by atoms with Crippen molar-refractivity contribution in [2.24, 2.45) is 4.99 Å². The van der Waals surface area contributed by atoms with E-state index in [-0.39, 0.29) is 0 Å². The highest BCUT2D eigenvalue weighted by Gasteiger charge is 2.24. The number of hydrogen-bond donors (Lipinski definition) is 2. The number of halogens is 2. The van der Waals surface area contributed by atoms with Gasteiger partial charge in [-0.15, -0.1) is 0 Å². The van der Waals surface area contributed by atoms with E-state index in [0.717, 1.165) is 38.9 Å². The van der Waals surface area contributed by atoms with Gasteiger partial charge in [0, 0.05) is 59.7 Å². The number of aromatic nitrogens is 2. The van der Waals surface area contributed by atoms with Gasteiger partial charge in [0.15, 0.2) is 0 Å². The van der Waals surface area contributed by atoms with Gasteiger partial charge in [-0.25, -0.2) is 4.99 Å². The molecule has 1 aliphatic carbocycles. The third-order valence-corrected chi connectivity index (χ3v) is 10.8.